The summed E-state index contributed by atoms with van der Waals surface area (Å²) in [6.07, 6.45) is 0. The Morgan fingerprint density at radius 1 is 0.386 bits per heavy atom. The van der Waals surface area contributed by atoms with E-state index in [0.717, 1.165) is 54.9 Å². The number of hydrogen-bond acceptors (Lipinski definition) is 2. The van der Waals surface area contributed by atoms with Gasteiger partial charge in [-0.25, -0.2) is 0 Å². The minimum atomic E-state index is 0.00142. The molecular formula is C42H30O2. The third-order valence-corrected chi connectivity index (χ3v) is 8.74. The maximum atomic E-state index is 13.9. The van der Waals surface area contributed by atoms with Crippen molar-refractivity contribution < 1.29 is 9.59 Å². The topological polar surface area (TPSA) is 34.1 Å². The summed E-state index contributed by atoms with van der Waals surface area (Å²) in [7, 11) is 0. The normalized spacial score (nSPS) is 11.1. The van der Waals surface area contributed by atoms with E-state index in [1.165, 1.54) is 0 Å². The lowest BCUT2D eigenvalue weighted by atomic mass is 9.88. The van der Waals surface area contributed by atoms with Crippen LogP contribution in [0.5, 0.6) is 0 Å². The molecule has 44 heavy (non-hydrogen) atoms. The molecule has 0 aliphatic rings. The highest BCUT2D eigenvalue weighted by atomic mass is 16.1. The molecule has 7 rings (SSSR count). The third-order valence-electron chi connectivity index (χ3n) is 8.74. The highest BCUT2D eigenvalue weighted by Gasteiger charge is 2.19. The average molecular weight is 567 g/mol. The van der Waals surface area contributed by atoms with Crippen molar-refractivity contribution in [2.45, 2.75) is 13.8 Å². The smallest absolute Gasteiger partial charge is 0.193 e. The number of carbonyl (C=O) groups excluding carboxylic acids is 2. The van der Waals surface area contributed by atoms with Gasteiger partial charge in [-0.1, -0.05) is 133 Å². The molecule has 0 aromatic heterocycles. The van der Waals surface area contributed by atoms with E-state index >= 15 is 0 Å². The first-order valence-electron chi connectivity index (χ1n) is 14.9. The SMILES string of the molecule is Cc1c(C)c2cc(C(=O)c3ccccc3-c3ccccc3)ccc2c2ccc(C(=O)c3ccccc3-c3ccccc3)cc12. The largest absolute Gasteiger partial charge is 0.289 e. The summed E-state index contributed by atoms with van der Waals surface area (Å²) in [4.78, 5) is 27.8. The van der Waals surface area contributed by atoms with Gasteiger partial charge in [0.05, 0.1) is 0 Å². The number of fused-ring (bicyclic) bond motifs is 3. The summed E-state index contributed by atoms with van der Waals surface area (Å²) in [6.45, 7) is 4.20. The van der Waals surface area contributed by atoms with Crippen LogP contribution in [0.3, 0.4) is 0 Å². The van der Waals surface area contributed by atoms with Crippen LogP contribution in [0.15, 0.2) is 146 Å². The van der Waals surface area contributed by atoms with Crippen molar-refractivity contribution in [3.05, 3.63) is 179 Å². The van der Waals surface area contributed by atoms with E-state index in [-0.39, 0.29) is 11.6 Å². The summed E-state index contributed by atoms with van der Waals surface area (Å²) < 4.78 is 0. The second kappa shape index (κ2) is 11.2. The number of ketones is 2. The lowest BCUT2D eigenvalue weighted by molar-refractivity contribution is 0.103. The fourth-order valence-electron chi connectivity index (χ4n) is 6.28. The predicted molar refractivity (Wildman–Crippen MR) is 182 cm³/mol. The molecule has 7 aromatic rings. The predicted octanol–water partition coefficient (Wildman–Crippen LogP) is 10.4. The molecule has 2 heteroatoms. The molecule has 0 saturated heterocycles. The highest BCUT2D eigenvalue weighted by Crippen LogP contribution is 2.35. The maximum absolute atomic E-state index is 13.9. The van der Waals surface area contributed by atoms with Crippen LogP contribution in [0, 0.1) is 13.8 Å². The van der Waals surface area contributed by atoms with Crippen LogP contribution in [0.2, 0.25) is 0 Å². The van der Waals surface area contributed by atoms with Gasteiger partial charge in [0.15, 0.2) is 11.6 Å². The van der Waals surface area contributed by atoms with Crippen LogP contribution < -0.4 is 0 Å². The number of carbonyl (C=O) groups is 2. The Morgan fingerprint density at radius 2 is 0.750 bits per heavy atom. The van der Waals surface area contributed by atoms with Gasteiger partial charge in [-0.3, -0.25) is 9.59 Å². The summed E-state index contributed by atoms with van der Waals surface area (Å²) >= 11 is 0. The Hall–Kier alpha value is -5.60. The van der Waals surface area contributed by atoms with Crippen molar-refractivity contribution in [2.24, 2.45) is 0 Å². The fraction of sp³-hybridized carbons (Fsp3) is 0.0476. The van der Waals surface area contributed by atoms with Gasteiger partial charge in [-0.15, -0.1) is 0 Å². The lowest BCUT2D eigenvalue weighted by Gasteiger charge is -2.15. The van der Waals surface area contributed by atoms with Gasteiger partial charge in [0.2, 0.25) is 0 Å². The summed E-state index contributed by atoms with van der Waals surface area (Å²) in [5, 5.41) is 4.23. The number of hydrogen-bond donors (Lipinski definition) is 0. The Balaban J connectivity index is 1.30. The molecule has 2 nitrogen and oxygen atoms in total. The van der Waals surface area contributed by atoms with Crippen LogP contribution in [-0.2, 0) is 0 Å². The monoisotopic (exact) mass is 566 g/mol. The Bertz CT molecular complexity index is 2050. The Kier molecular flexibility index (Phi) is 6.96. The molecule has 0 spiro atoms. The molecule has 0 amide bonds. The van der Waals surface area contributed by atoms with Crippen molar-refractivity contribution in [3.8, 4) is 22.3 Å². The van der Waals surface area contributed by atoms with Gasteiger partial charge in [0.25, 0.3) is 0 Å². The summed E-state index contributed by atoms with van der Waals surface area (Å²) in [5.41, 5.74) is 8.80. The van der Waals surface area contributed by atoms with Crippen molar-refractivity contribution in [3.63, 3.8) is 0 Å². The standard InChI is InChI=1S/C42H30O2/c1-27-28(2)40-26-32(42(44)38-20-12-10-18-34(38)30-15-7-4-8-16-30)22-24-36(40)35-23-21-31(25-39(27)35)41(43)37-19-11-9-17-33(37)29-13-5-3-6-14-29/h3-26H,1-2H3. The quantitative estimate of drug-likeness (QED) is 0.148. The highest BCUT2D eigenvalue weighted by molar-refractivity contribution is 6.19. The van der Waals surface area contributed by atoms with Crippen LogP contribution >= 0.6 is 0 Å². The molecule has 0 radical (unpaired) electrons. The number of aryl methyl sites for hydroxylation is 2. The zero-order valence-electron chi connectivity index (χ0n) is 24.7. The van der Waals surface area contributed by atoms with Gasteiger partial charge in [0, 0.05) is 22.3 Å². The molecule has 0 N–H and O–H groups in total. The first kappa shape index (κ1) is 27.2. The molecule has 7 aromatic carbocycles. The van der Waals surface area contributed by atoms with Gasteiger partial charge in [-0.05, 0) is 80.9 Å². The molecule has 0 aliphatic carbocycles. The van der Waals surface area contributed by atoms with Gasteiger partial charge in [0.1, 0.15) is 0 Å². The van der Waals surface area contributed by atoms with E-state index in [0.29, 0.717) is 22.3 Å². The van der Waals surface area contributed by atoms with E-state index < -0.39 is 0 Å². The van der Waals surface area contributed by atoms with E-state index in [1.54, 1.807) is 0 Å². The second-order valence-electron chi connectivity index (χ2n) is 11.3. The molecule has 0 unspecified atom stereocenters. The molecule has 0 heterocycles. The Labute approximate surface area is 257 Å². The molecule has 210 valence electrons. The van der Waals surface area contributed by atoms with Crippen LogP contribution in [-0.4, -0.2) is 11.6 Å². The molecule has 0 aliphatic heterocycles. The zero-order chi connectivity index (χ0) is 30.2. The van der Waals surface area contributed by atoms with Crippen LogP contribution in [0.1, 0.15) is 43.0 Å². The average Bonchev–Trinajstić information content (AvgIpc) is 3.10. The molecule has 0 fully saturated rings. The molecule has 0 bridgehead atoms. The lowest BCUT2D eigenvalue weighted by Crippen LogP contribution is -2.05. The Morgan fingerprint density at radius 3 is 1.16 bits per heavy atom. The van der Waals surface area contributed by atoms with Crippen LogP contribution in [0.25, 0.3) is 43.8 Å². The fourth-order valence-corrected chi connectivity index (χ4v) is 6.28. The summed E-state index contributed by atoms with van der Waals surface area (Å²) in [5.74, 6) is 0.00283. The van der Waals surface area contributed by atoms with Crippen molar-refractivity contribution in [2.75, 3.05) is 0 Å². The summed E-state index contributed by atoms with van der Waals surface area (Å²) in [6, 6.07) is 47.7. The first-order valence-corrected chi connectivity index (χ1v) is 14.9. The maximum Gasteiger partial charge on any atom is 0.193 e. The van der Waals surface area contributed by atoms with Crippen LogP contribution in [0.4, 0.5) is 0 Å². The van der Waals surface area contributed by atoms with Crippen molar-refractivity contribution in [1.82, 2.24) is 0 Å². The number of benzene rings is 7. The van der Waals surface area contributed by atoms with E-state index in [2.05, 4.69) is 26.0 Å². The first-order chi connectivity index (χ1) is 21.5. The van der Waals surface area contributed by atoms with E-state index in [9.17, 15) is 9.59 Å². The molecular weight excluding hydrogens is 536 g/mol. The van der Waals surface area contributed by atoms with Gasteiger partial charge >= 0.3 is 0 Å². The van der Waals surface area contributed by atoms with Gasteiger partial charge < -0.3 is 0 Å². The van der Waals surface area contributed by atoms with E-state index in [1.807, 2.05) is 133 Å². The molecule has 0 saturated carbocycles. The minimum Gasteiger partial charge on any atom is -0.289 e. The second-order valence-corrected chi connectivity index (χ2v) is 11.3. The van der Waals surface area contributed by atoms with Gasteiger partial charge in [-0.2, -0.15) is 0 Å². The van der Waals surface area contributed by atoms with Crippen molar-refractivity contribution >= 4 is 33.1 Å². The number of rotatable bonds is 6. The van der Waals surface area contributed by atoms with Crippen molar-refractivity contribution in [1.29, 1.82) is 0 Å². The minimum absolute atomic E-state index is 0.00142. The zero-order valence-corrected chi connectivity index (χ0v) is 24.7. The van der Waals surface area contributed by atoms with E-state index in [4.69, 9.17) is 0 Å². The third kappa shape index (κ3) is 4.71. The molecule has 0 atom stereocenters.